The highest BCUT2D eigenvalue weighted by Crippen LogP contribution is 2.32. The van der Waals surface area contributed by atoms with Crippen LogP contribution in [0.3, 0.4) is 0 Å². The van der Waals surface area contributed by atoms with Crippen LogP contribution in [0.5, 0.6) is 0 Å². The zero-order valence-electron chi connectivity index (χ0n) is 12.4. The Kier molecular flexibility index (Phi) is 3.94. The van der Waals surface area contributed by atoms with Crippen LogP contribution in [0.2, 0.25) is 0 Å². The second-order valence-electron chi connectivity index (χ2n) is 5.99. The molecular weight excluding hydrogens is 288 g/mol. The summed E-state index contributed by atoms with van der Waals surface area (Å²) < 4.78 is 31.2. The Balaban J connectivity index is 1.78. The number of hydrogen-bond donors (Lipinski definition) is 0. The van der Waals surface area contributed by atoms with Crippen molar-refractivity contribution in [2.45, 2.75) is 18.4 Å². The molecule has 2 fully saturated rings. The Morgan fingerprint density at radius 2 is 1.90 bits per heavy atom. The van der Waals surface area contributed by atoms with Crippen molar-refractivity contribution >= 4 is 15.7 Å². The van der Waals surface area contributed by atoms with Crippen LogP contribution in [0.25, 0.3) is 0 Å². The molecule has 3 rings (SSSR count). The minimum atomic E-state index is -3.15. The van der Waals surface area contributed by atoms with Gasteiger partial charge in [0.1, 0.15) is 0 Å². The fourth-order valence-electron chi connectivity index (χ4n) is 3.30. The number of nitrogens with zero attached hydrogens (tertiary/aromatic N) is 2. The second-order valence-corrected chi connectivity index (χ2v) is 7.97. The summed E-state index contributed by atoms with van der Waals surface area (Å²) in [6.45, 7) is 3.16. The third-order valence-electron chi connectivity index (χ3n) is 4.34. The predicted octanol–water partition coefficient (Wildman–Crippen LogP) is 1.32. The van der Waals surface area contributed by atoms with Crippen LogP contribution in [-0.4, -0.2) is 57.4 Å². The van der Waals surface area contributed by atoms with Crippen molar-refractivity contribution in [1.29, 1.82) is 0 Å². The van der Waals surface area contributed by atoms with Crippen LogP contribution in [0.1, 0.15) is 12.8 Å². The average molecular weight is 310 g/mol. The fourth-order valence-corrected chi connectivity index (χ4v) is 4.17. The van der Waals surface area contributed by atoms with Crippen LogP contribution in [0.4, 0.5) is 5.69 Å². The maximum atomic E-state index is 11.8. The van der Waals surface area contributed by atoms with Gasteiger partial charge in [-0.05, 0) is 25.0 Å². The summed E-state index contributed by atoms with van der Waals surface area (Å²) in [5.74, 6) is 0. The van der Waals surface area contributed by atoms with Gasteiger partial charge in [-0.1, -0.05) is 18.2 Å². The first kappa shape index (κ1) is 14.8. The summed E-state index contributed by atoms with van der Waals surface area (Å²) in [7, 11) is -3.15. The molecule has 0 amide bonds. The van der Waals surface area contributed by atoms with Gasteiger partial charge in [-0.15, -0.1) is 0 Å². The molecule has 0 radical (unpaired) electrons. The Morgan fingerprint density at radius 3 is 2.62 bits per heavy atom. The van der Waals surface area contributed by atoms with Gasteiger partial charge < -0.3 is 9.64 Å². The molecule has 2 aliphatic rings. The molecule has 2 aliphatic heterocycles. The van der Waals surface area contributed by atoms with Gasteiger partial charge in [0.05, 0.1) is 18.5 Å². The lowest BCUT2D eigenvalue weighted by atomic mass is 9.91. The number of sulfonamides is 1. The minimum absolute atomic E-state index is 0.366. The molecule has 1 atom stereocenters. The zero-order valence-corrected chi connectivity index (χ0v) is 13.2. The van der Waals surface area contributed by atoms with Crippen molar-refractivity contribution in [3.8, 4) is 0 Å². The third kappa shape index (κ3) is 3.22. The third-order valence-corrected chi connectivity index (χ3v) is 5.59. The van der Waals surface area contributed by atoms with Crippen molar-refractivity contribution in [1.82, 2.24) is 4.31 Å². The molecular formula is C15H22N2O3S. The smallest absolute Gasteiger partial charge is 0.211 e. The molecule has 1 aromatic carbocycles. The lowest BCUT2D eigenvalue weighted by Crippen LogP contribution is -2.60. The highest BCUT2D eigenvalue weighted by molar-refractivity contribution is 7.88. The van der Waals surface area contributed by atoms with Gasteiger partial charge in [0.15, 0.2) is 0 Å². The summed E-state index contributed by atoms with van der Waals surface area (Å²) >= 11 is 0. The van der Waals surface area contributed by atoms with Gasteiger partial charge in [-0.25, -0.2) is 8.42 Å². The summed E-state index contributed by atoms with van der Waals surface area (Å²) in [6, 6.07) is 10.3. The van der Waals surface area contributed by atoms with E-state index in [9.17, 15) is 8.42 Å². The molecule has 2 saturated heterocycles. The first-order valence-corrected chi connectivity index (χ1v) is 9.23. The number of para-hydroxylation sites is 1. The summed E-state index contributed by atoms with van der Waals surface area (Å²) in [5.41, 5.74) is 0.812. The van der Waals surface area contributed by atoms with E-state index in [1.54, 1.807) is 4.31 Å². The van der Waals surface area contributed by atoms with E-state index in [-0.39, 0.29) is 5.60 Å². The van der Waals surface area contributed by atoms with E-state index in [1.807, 2.05) is 18.2 Å². The van der Waals surface area contributed by atoms with E-state index in [0.717, 1.165) is 25.9 Å². The largest absolute Gasteiger partial charge is 0.370 e. The fraction of sp³-hybridized carbons (Fsp3) is 0.600. The Morgan fingerprint density at radius 1 is 1.14 bits per heavy atom. The van der Waals surface area contributed by atoms with Gasteiger partial charge in [-0.3, -0.25) is 0 Å². The first-order valence-electron chi connectivity index (χ1n) is 7.38. The van der Waals surface area contributed by atoms with Crippen LogP contribution < -0.4 is 4.90 Å². The lowest BCUT2D eigenvalue weighted by molar-refractivity contribution is -0.0948. The van der Waals surface area contributed by atoms with E-state index in [1.165, 1.54) is 11.9 Å². The molecule has 116 valence electrons. The molecule has 0 aliphatic carbocycles. The maximum absolute atomic E-state index is 11.8. The number of morpholine rings is 1. The number of piperidine rings is 1. The Labute approximate surface area is 126 Å². The van der Waals surface area contributed by atoms with E-state index in [4.69, 9.17) is 4.74 Å². The molecule has 0 bridgehead atoms. The van der Waals surface area contributed by atoms with E-state index >= 15 is 0 Å². The molecule has 1 unspecified atom stereocenters. The lowest BCUT2D eigenvalue weighted by Gasteiger charge is -2.48. The SMILES string of the molecule is CS(=O)(=O)N1CCOC2(CCCN(c3ccccc3)C2)C1. The van der Waals surface area contributed by atoms with Gasteiger partial charge in [-0.2, -0.15) is 4.31 Å². The predicted molar refractivity (Wildman–Crippen MR) is 83.0 cm³/mol. The highest BCUT2D eigenvalue weighted by atomic mass is 32.2. The van der Waals surface area contributed by atoms with Crippen molar-refractivity contribution in [2.24, 2.45) is 0 Å². The Hall–Kier alpha value is -1.11. The first-order chi connectivity index (χ1) is 9.99. The maximum Gasteiger partial charge on any atom is 0.211 e. The molecule has 21 heavy (non-hydrogen) atoms. The minimum Gasteiger partial charge on any atom is -0.370 e. The van der Waals surface area contributed by atoms with Gasteiger partial charge in [0.25, 0.3) is 0 Å². The number of ether oxygens (including phenoxy) is 1. The summed E-state index contributed by atoms with van der Waals surface area (Å²) in [4.78, 5) is 2.30. The summed E-state index contributed by atoms with van der Waals surface area (Å²) in [5, 5.41) is 0. The van der Waals surface area contributed by atoms with Crippen molar-refractivity contribution in [3.63, 3.8) is 0 Å². The van der Waals surface area contributed by atoms with Crippen LogP contribution in [-0.2, 0) is 14.8 Å². The summed E-state index contributed by atoms with van der Waals surface area (Å²) in [6.07, 6.45) is 3.22. The highest BCUT2D eigenvalue weighted by Gasteiger charge is 2.42. The molecule has 2 heterocycles. The molecule has 0 N–H and O–H groups in total. The van der Waals surface area contributed by atoms with E-state index in [0.29, 0.717) is 19.7 Å². The number of anilines is 1. The zero-order chi connectivity index (χ0) is 14.9. The van der Waals surface area contributed by atoms with Gasteiger partial charge in [0.2, 0.25) is 10.0 Å². The van der Waals surface area contributed by atoms with Crippen LogP contribution in [0, 0.1) is 0 Å². The molecule has 1 spiro atoms. The van der Waals surface area contributed by atoms with Gasteiger partial charge >= 0.3 is 0 Å². The molecule has 1 aromatic rings. The number of hydrogen-bond acceptors (Lipinski definition) is 4. The molecule has 0 saturated carbocycles. The quantitative estimate of drug-likeness (QED) is 0.826. The second kappa shape index (κ2) is 5.59. The molecule has 5 nitrogen and oxygen atoms in total. The standard InChI is InChI=1S/C15H22N2O3S/c1-21(18,19)17-10-11-20-15(13-17)8-5-9-16(12-15)14-6-3-2-4-7-14/h2-4,6-7H,5,8-13H2,1H3. The molecule has 0 aromatic heterocycles. The number of rotatable bonds is 2. The van der Waals surface area contributed by atoms with Gasteiger partial charge in [0, 0.05) is 31.9 Å². The van der Waals surface area contributed by atoms with E-state index < -0.39 is 10.0 Å². The number of benzene rings is 1. The monoisotopic (exact) mass is 310 g/mol. The van der Waals surface area contributed by atoms with Crippen molar-refractivity contribution < 1.29 is 13.2 Å². The van der Waals surface area contributed by atoms with Crippen LogP contribution >= 0.6 is 0 Å². The topological polar surface area (TPSA) is 49.9 Å². The normalized spacial score (nSPS) is 28.0. The Bertz CT molecular complexity index is 586. The van der Waals surface area contributed by atoms with Crippen molar-refractivity contribution in [3.05, 3.63) is 30.3 Å². The molecule has 6 heteroatoms. The van der Waals surface area contributed by atoms with Crippen LogP contribution in [0.15, 0.2) is 30.3 Å². The van der Waals surface area contributed by atoms with E-state index in [2.05, 4.69) is 17.0 Å². The van der Waals surface area contributed by atoms with Crippen molar-refractivity contribution in [2.75, 3.05) is 43.9 Å². The average Bonchev–Trinajstić information content (AvgIpc) is 2.47.